The minimum Gasteiger partial charge on any atom is -0.489 e. The van der Waals surface area contributed by atoms with Gasteiger partial charge in [0.1, 0.15) is 31.0 Å². The summed E-state index contributed by atoms with van der Waals surface area (Å²) in [4.78, 5) is 38.9. The summed E-state index contributed by atoms with van der Waals surface area (Å²) in [6, 6.07) is 33.6. The number of carbonyl (C=O) groups is 3. The van der Waals surface area contributed by atoms with E-state index < -0.39 is 30.1 Å². The molecule has 0 aromatic heterocycles. The SMILES string of the molecule is COC(=O)[C@H](Cc1cccc(OCc2ccccc2)c1)NC(=O)[C@H](Cc1ccccc1)NC(=O)OCc1ccccc1. The maximum atomic E-state index is 13.5. The van der Waals surface area contributed by atoms with Gasteiger partial charge in [-0.25, -0.2) is 9.59 Å². The first kappa shape index (κ1) is 29.9. The molecule has 4 aromatic rings. The van der Waals surface area contributed by atoms with Crippen LogP contribution >= 0.6 is 0 Å². The van der Waals surface area contributed by atoms with Crippen LogP contribution in [0.4, 0.5) is 4.79 Å². The van der Waals surface area contributed by atoms with Gasteiger partial charge in [-0.15, -0.1) is 0 Å². The fourth-order valence-electron chi connectivity index (χ4n) is 4.31. The lowest BCUT2D eigenvalue weighted by Crippen LogP contribution is -2.53. The van der Waals surface area contributed by atoms with Gasteiger partial charge >= 0.3 is 12.1 Å². The number of amides is 2. The highest BCUT2D eigenvalue weighted by Gasteiger charge is 2.28. The Labute approximate surface area is 245 Å². The highest BCUT2D eigenvalue weighted by molar-refractivity contribution is 5.90. The van der Waals surface area contributed by atoms with E-state index in [1.165, 1.54) is 7.11 Å². The van der Waals surface area contributed by atoms with Gasteiger partial charge in [-0.2, -0.15) is 0 Å². The number of alkyl carbamates (subject to hydrolysis) is 1. The summed E-state index contributed by atoms with van der Waals surface area (Å²) in [5.41, 5.74) is 3.45. The predicted molar refractivity (Wildman–Crippen MR) is 159 cm³/mol. The molecular formula is C34H34N2O6. The van der Waals surface area contributed by atoms with Crippen molar-refractivity contribution in [1.82, 2.24) is 10.6 Å². The van der Waals surface area contributed by atoms with Crippen LogP contribution in [0.5, 0.6) is 5.75 Å². The lowest BCUT2D eigenvalue weighted by Gasteiger charge is -2.22. The van der Waals surface area contributed by atoms with Crippen molar-refractivity contribution >= 4 is 18.0 Å². The highest BCUT2D eigenvalue weighted by Crippen LogP contribution is 2.17. The zero-order valence-corrected chi connectivity index (χ0v) is 23.4. The predicted octanol–water partition coefficient (Wildman–Crippen LogP) is 5.00. The van der Waals surface area contributed by atoms with Gasteiger partial charge in [0.15, 0.2) is 0 Å². The second kappa shape index (κ2) is 15.6. The summed E-state index contributed by atoms with van der Waals surface area (Å²) in [6.07, 6.45) is -0.380. The zero-order valence-electron chi connectivity index (χ0n) is 23.4. The second-order valence-corrected chi connectivity index (χ2v) is 9.66. The number of methoxy groups -OCH3 is 1. The van der Waals surface area contributed by atoms with Crippen molar-refractivity contribution in [2.75, 3.05) is 7.11 Å². The molecule has 0 aliphatic rings. The number of nitrogens with one attached hydrogen (secondary N) is 2. The van der Waals surface area contributed by atoms with E-state index in [-0.39, 0.29) is 19.4 Å². The van der Waals surface area contributed by atoms with Crippen LogP contribution in [-0.4, -0.2) is 37.2 Å². The van der Waals surface area contributed by atoms with Crippen molar-refractivity contribution in [3.63, 3.8) is 0 Å². The van der Waals surface area contributed by atoms with Gasteiger partial charge in [0.2, 0.25) is 5.91 Å². The maximum Gasteiger partial charge on any atom is 0.408 e. The number of esters is 1. The number of carbonyl (C=O) groups excluding carboxylic acids is 3. The molecule has 0 aliphatic heterocycles. The summed E-state index contributed by atoms with van der Waals surface area (Å²) >= 11 is 0. The van der Waals surface area contributed by atoms with Gasteiger partial charge in [-0.3, -0.25) is 4.79 Å². The molecule has 0 saturated carbocycles. The molecular weight excluding hydrogens is 532 g/mol. The summed E-state index contributed by atoms with van der Waals surface area (Å²) < 4.78 is 16.3. The Morgan fingerprint density at radius 2 is 1.17 bits per heavy atom. The van der Waals surface area contributed by atoms with E-state index in [4.69, 9.17) is 14.2 Å². The molecule has 42 heavy (non-hydrogen) atoms. The Bertz CT molecular complexity index is 1430. The molecule has 2 N–H and O–H groups in total. The molecule has 8 heteroatoms. The Kier molecular flexibility index (Phi) is 11.1. The van der Waals surface area contributed by atoms with Crippen molar-refractivity contribution in [3.8, 4) is 5.75 Å². The summed E-state index contributed by atoms with van der Waals surface area (Å²) in [6.45, 7) is 0.453. The minimum absolute atomic E-state index is 0.0554. The molecule has 0 unspecified atom stereocenters. The molecule has 0 radical (unpaired) electrons. The van der Waals surface area contributed by atoms with Gasteiger partial charge in [0.05, 0.1) is 7.11 Å². The topological polar surface area (TPSA) is 103 Å². The number of ether oxygens (including phenoxy) is 3. The van der Waals surface area contributed by atoms with E-state index in [0.717, 1.165) is 22.3 Å². The Morgan fingerprint density at radius 3 is 1.79 bits per heavy atom. The molecule has 8 nitrogen and oxygen atoms in total. The summed E-state index contributed by atoms with van der Waals surface area (Å²) in [5, 5.41) is 5.43. The van der Waals surface area contributed by atoms with Gasteiger partial charge in [-0.1, -0.05) is 103 Å². The summed E-state index contributed by atoms with van der Waals surface area (Å²) in [5.74, 6) is -0.512. The molecule has 2 atom stereocenters. The van der Waals surface area contributed by atoms with Crippen molar-refractivity contribution in [2.24, 2.45) is 0 Å². The minimum atomic E-state index is -0.997. The van der Waals surface area contributed by atoms with Gasteiger partial charge in [0.25, 0.3) is 0 Å². The summed E-state index contributed by atoms with van der Waals surface area (Å²) in [7, 11) is 1.27. The second-order valence-electron chi connectivity index (χ2n) is 9.66. The highest BCUT2D eigenvalue weighted by atomic mass is 16.5. The molecule has 0 spiro atoms. The fraction of sp³-hybridized carbons (Fsp3) is 0.206. The molecule has 0 aliphatic carbocycles. The van der Waals surface area contributed by atoms with E-state index in [1.54, 1.807) is 0 Å². The van der Waals surface area contributed by atoms with Gasteiger partial charge < -0.3 is 24.8 Å². The number of rotatable bonds is 13. The number of hydrogen-bond donors (Lipinski definition) is 2. The van der Waals surface area contributed by atoms with Crippen molar-refractivity contribution < 1.29 is 28.6 Å². The van der Waals surface area contributed by atoms with E-state index in [0.29, 0.717) is 12.4 Å². The number of hydrogen-bond acceptors (Lipinski definition) is 6. The molecule has 4 rings (SSSR count). The molecule has 4 aromatic carbocycles. The van der Waals surface area contributed by atoms with Crippen LogP contribution in [0.2, 0.25) is 0 Å². The van der Waals surface area contributed by atoms with Crippen molar-refractivity contribution in [3.05, 3.63) is 138 Å². The van der Waals surface area contributed by atoms with Crippen molar-refractivity contribution in [1.29, 1.82) is 0 Å². The van der Waals surface area contributed by atoms with E-state index >= 15 is 0 Å². The van der Waals surface area contributed by atoms with Crippen LogP contribution in [0, 0.1) is 0 Å². The molecule has 0 saturated heterocycles. The van der Waals surface area contributed by atoms with Crippen LogP contribution in [0.1, 0.15) is 22.3 Å². The lowest BCUT2D eigenvalue weighted by molar-refractivity contribution is -0.145. The molecule has 0 bridgehead atoms. The molecule has 0 fully saturated rings. The average molecular weight is 567 g/mol. The Hall–Kier alpha value is -5.11. The first-order valence-electron chi connectivity index (χ1n) is 13.6. The van der Waals surface area contributed by atoms with E-state index in [9.17, 15) is 14.4 Å². The Morgan fingerprint density at radius 1 is 0.619 bits per heavy atom. The molecule has 216 valence electrons. The quantitative estimate of drug-likeness (QED) is 0.221. The van der Waals surface area contributed by atoms with E-state index in [2.05, 4.69) is 10.6 Å². The molecule has 0 heterocycles. The van der Waals surface area contributed by atoms with Crippen molar-refractivity contribution in [2.45, 2.75) is 38.1 Å². The first-order valence-corrected chi connectivity index (χ1v) is 13.6. The number of benzene rings is 4. The third kappa shape index (κ3) is 9.52. The monoisotopic (exact) mass is 566 g/mol. The first-order chi connectivity index (χ1) is 20.5. The van der Waals surface area contributed by atoms with Crippen LogP contribution in [0.15, 0.2) is 115 Å². The van der Waals surface area contributed by atoms with Gasteiger partial charge in [-0.05, 0) is 34.4 Å². The standard InChI is InChI=1S/C34H34N2O6/c1-40-33(38)31(22-28-18-11-19-29(20-28)41-23-26-14-7-3-8-15-26)35-32(37)30(21-25-12-5-2-6-13-25)36-34(39)42-24-27-16-9-4-10-17-27/h2-20,30-31H,21-24H2,1H3,(H,35,37)(H,36,39)/t30-,31-/m0/s1. The van der Waals surface area contributed by atoms with E-state index in [1.807, 2.05) is 115 Å². The Balaban J connectivity index is 1.43. The normalized spacial score (nSPS) is 11.9. The van der Waals surface area contributed by atoms with Gasteiger partial charge in [0, 0.05) is 12.8 Å². The van der Waals surface area contributed by atoms with Crippen LogP contribution in [0.25, 0.3) is 0 Å². The lowest BCUT2D eigenvalue weighted by atomic mass is 10.0. The van der Waals surface area contributed by atoms with Crippen LogP contribution in [0.3, 0.4) is 0 Å². The third-order valence-electron chi connectivity index (χ3n) is 6.49. The maximum absolute atomic E-state index is 13.5. The van der Waals surface area contributed by atoms with Crippen LogP contribution < -0.4 is 15.4 Å². The fourth-order valence-corrected chi connectivity index (χ4v) is 4.31. The zero-order chi connectivity index (χ0) is 29.6. The van der Waals surface area contributed by atoms with Crippen LogP contribution in [-0.2, 0) is 45.1 Å². The third-order valence-corrected chi connectivity index (χ3v) is 6.49. The average Bonchev–Trinajstić information content (AvgIpc) is 3.03. The molecule has 2 amide bonds. The smallest absolute Gasteiger partial charge is 0.408 e. The largest absolute Gasteiger partial charge is 0.489 e.